The molecule has 3 unspecified atom stereocenters. The van der Waals surface area contributed by atoms with Crippen LogP contribution in [0.4, 0.5) is 0 Å². The van der Waals surface area contributed by atoms with Gasteiger partial charge in [-0.3, -0.25) is 13.8 Å². The van der Waals surface area contributed by atoms with E-state index in [1.807, 2.05) is 27.2 Å². The molecule has 0 heterocycles. The van der Waals surface area contributed by atoms with Gasteiger partial charge in [0.25, 0.3) is 0 Å². The lowest BCUT2D eigenvalue weighted by Crippen LogP contribution is -2.45. The van der Waals surface area contributed by atoms with Crippen LogP contribution >= 0.6 is 7.82 Å². The predicted molar refractivity (Wildman–Crippen MR) is 226 cm³/mol. The van der Waals surface area contributed by atoms with Gasteiger partial charge in [-0.2, -0.15) is 0 Å². The van der Waals surface area contributed by atoms with Gasteiger partial charge < -0.3 is 19.8 Å². The number of carbonyl (C=O) groups excluding carboxylic acids is 1. The Morgan fingerprint density at radius 2 is 1.13 bits per heavy atom. The SMILES string of the molecule is CC/C=C\C/C=C\C/C=C\C/C=C\CCCCC(=O)NC(COP(=O)(O)OCC[N+](C)(C)C)C(O)/C=C/CCCCCCCCCCCCCCCC. The number of quaternary nitrogens is 1. The maximum atomic E-state index is 12.8. The number of unbranched alkanes of at least 4 members (excludes halogenated alkanes) is 16. The molecule has 0 aromatic carbocycles. The summed E-state index contributed by atoms with van der Waals surface area (Å²) < 4.78 is 23.5. The van der Waals surface area contributed by atoms with Crippen molar-refractivity contribution in [3.63, 3.8) is 0 Å². The molecule has 0 saturated carbocycles. The molecule has 0 aliphatic heterocycles. The van der Waals surface area contributed by atoms with Gasteiger partial charge in [0.2, 0.25) is 5.91 Å². The average molecular weight is 766 g/mol. The van der Waals surface area contributed by atoms with E-state index < -0.39 is 20.0 Å². The van der Waals surface area contributed by atoms with E-state index >= 15 is 0 Å². The van der Waals surface area contributed by atoms with E-state index in [-0.39, 0.29) is 19.1 Å². The fourth-order valence-corrected chi connectivity index (χ4v) is 6.35. The van der Waals surface area contributed by atoms with Gasteiger partial charge in [-0.05, 0) is 57.8 Å². The molecule has 0 aromatic heterocycles. The van der Waals surface area contributed by atoms with Crippen LogP contribution in [0.25, 0.3) is 0 Å². The third-order valence-corrected chi connectivity index (χ3v) is 9.98. The summed E-state index contributed by atoms with van der Waals surface area (Å²) >= 11 is 0. The van der Waals surface area contributed by atoms with Gasteiger partial charge in [0.15, 0.2) is 0 Å². The molecule has 9 heteroatoms. The Hall–Kier alpha value is -1.80. The highest BCUT2D eigenvalue weighted by molar-refractivity contribution is 7.47. The Balaban J connectivity index is 4.56. The van der Waals surface area contributed by atoms with Crippen LogP contribution in [0.2, 0.25) is 0 Å². The van der Waals surface area contributed by atoms with Crippen LogP contribution in [0.1, 0.15) is 162 Å². The van der Waals surface area contributed by atoms with E-state index in [9.17, 15) is 19.4 Å². The minimum atomic E-state index is -4.35. The second-order valence-electron chi connectivity index (χ2n) is 15.3. The molecular weight excluding hydrogens is 683 g/mol. The fraction of sp³-hybridized carbons (Fsp3) is 0.750. The number of hydrogen-bond donors (Lipinski definition) is 3. The number of likely N-dealkylation sites (N-methyl/N-ethyl adjacent to an activating group) is 1. The molecule has 0 saturated heterocycles. The monoisotopic (exact) mass is 766 g/mol. The molecule has 1 amide bonds. The number of rotatable bonds is 37. The first kappa shape index (κ1) is 51.2. The van der Waals surface area contributed by atoms with Crippen LogP contribution in [0.15, 0.2) is 60.8 Å². The van der Waals surface area contributed by atoms with Crippen LogP contribution in [0, 0.1) is 0 Å². The summed E-state index contributed by atoms with van der Waals surface area (Å²) in [5.74, 6) is -0.220. The number of phosphoric ester groups is 1. The summed E-state index contributed by atoms with van der Waals surface area (Å²) in [7, 11) is 1.53. The molecule has 0 aromatic rings. The summed E-state index contributed by atoms with van der Waals surface area (Å²) in [6.07, 6.45) is 45.7. The third-order valence-electron chi connectivity index (χ3n) is 8.99. The van der Waals surface area contributed by atoms with Gasteiger partial charge in [-0.15, -0.1) is 0 Å². The van der Waals surface area contributed by atoms with E-state index in [0.717, 1.165) is 57.8 Å². The molecule has 0 rings (SSSR count). The molecule has 8 nitrogen and oxygen atoms in total. The maximum Gasteiger partial charge on any atom is 0.472 e. The molecular formula is C44H82N2O6P+. The van der Waals surface area contributed by atoms with Gasteiger partial charge in [0.1, 0.15) is 13.2 Å². The highest BCUT2D eigenvalue weighted by atomic mass is 31.2. The van der Waals surface area contributed by atoms with Crippen LogP contribution in [-0.2, 0) is 18.4 Å². The van der Waals surface area contributed by atoms with Gasteiger partial charge in [-0.1, -0.05) is 158 Å². The van der Waals surface area contributed by atoms with Crippen molar-refractivity contribution in [1.82, 2.24) is 5.32 Å². The molecule has 0 aliphatic rings. The topological polar surface area (TPSA) is 105 Å². The molecule has 0 bridgehead atoms. The van der Waals surface area contributed by atoms with Crippen molar-refractivity contribution in [3.8, 4) is 0 Å². The molecule has 0 fully saturated rings. The summed E-state index contributed by atoms with van der Waals surface area (Å²) in [6, 6.07) is -0.869. The van der Waals surface area contributed by atoms with Crippen molar-refractivity contribution in [1.29, 1.82) is 0 Å². The minimum absolute atomic E-state index is 0.0508. The number of allylic oxidation sites excluding steroid dienone is 9. The van der Waals surface area contributed by atoms with Gasteiger partial charge in [-0.25, -0.2) is 4.57 Å². The lowest BCUT2D eigenvalue weighted by atomic mass is 10.0. The first-order chi connectivity index (χ1) is 25.5. The highest BCUT2D eigenvalue weighted by Gasteiger charge is 2.27. The average Bonchev–Trinajstić information content (AvgIpc) is 3.10. The van der Waals surface area contributed by atoms with E-state index in [1.54, 1.807) is 6.08 Å². The summed E-state index contributed by atoms with van der Waals surface area (Å²) in [5, 5.41) is 13.8. The Bertz CT molecular complexity index is 1050. The third kappa shape index (κ3) is 38.3. The van der Waals surface area contributed by atoms with Crippen molar-refractivity contribution in [3.05, 3.63) is 60.8 Å². The number of hydrogen-bond acceptors (Lipinski definition) is 5. The van der Waals surface area contributed by atoms with Crippen LogP contribution in [-0.4, -0.2) is 73.4 Å². The molecule has 3 atom stereocenters. The second-order valence-corrected chi connectivity index (χ2v) is 16.8. The Morgan fingerprint density at radius 3 is 1.66 bits per heavy atom. The number of aliphatic hydroxyl groups is 1. The number of amides is 1. The normalized spacial score (nSPS) is 15.1. The van der Waals surface area contributed by atoms with Gasteiger partial charge >= 0.3 is 7.82 Å². The quantitative estimate of drug-likeness (QED) is 0.0252. The maximum absolute atomic E-state index is 12.8. The van der Waals surface area contributed by atoms with Gasteiger partial charge in [0.05, 0.1) is 39.9 Å². The zero-order valence-electron chi connectivity index (χ0n) is 34.7. The molecule has 53 heavy (non-hydrogen) atoms. The van der Waals surface area contributed by atoms with Crippen LogP contribution in [0.5, 0.6) is 0 Å². The minimum Gasteiger partial charge on any atom is -0.387 e. The Kier molecular flexibility index (Phi) is 34.7. The fourth-order valence-electron chi connectivity index (χ4n) is 5.62. The number of nitrogens with zero attached hydrogens (tertiary/aromatic N) is 1. The highest BCUT2D eigenvalue weighted by Crippen LogP contribution is 2.43. The van der Waals surface area contributed by atoms with Crippen molar-refractivity contribution >= 4 is 13.7 Å². The molecule has 0 aliphatic carbocycles. The standard InChI is InChI=1S/C44H81N2O6P/c1-6-8-10-12-14-16-18-20-22-24-25-27-29-31-33-35-37-43(47)42(41-52-53(49,50)51-40-39-46(3,4)5)45-44(48)38-36-34-32-30-28-26-23-21-19-17-15-13-11-9-7-2/h9,11,15,17,21,23,28,30,35,37,42-43,47H,6-8,10,12-14,16,18-20,22,24-27,29,31-34,36,38-41H2,1-5H3,(H-,45,48,49,50)/p+1/b11-9-,17-15-,23-21-,30-28-,37-35+. The smallest absolute Gasteiger partial charge is 0.387 e. The van der Waals surface area contributed by atoms with E-state index in [0.29, 0.717) is 23.9 Å². The van der Waals surface area contributed by atoms with Gasteiger partial charge in [0, 0.05) is 6.42 Å². The van der Waals surface area contributed by atoms with Crippen molar-refractivity contribution < 1.29 is 32.9 Å². The lowest BCUT2D eigenvalue weighted by Gasteiger charge is -2.25. The number of carbonyl (C=O) groups is 1. The van der Waals surface area contributed by atoms with Crippen molar-refractivity contribution in [2.24, 2.45) is 0 Å². The molecule has 0 spiro atoms. The van der Waals surface area contributed by atoms with Crippen molar-refractivity contribution in [2.75, 3.05) is 40.9 Å². The van der Waals surface area contributed by atoms with Crippen LogP contribution < -0.4 is 5.32 Å². The predicted octanol–water partition coefficient (Wildman–Crippen LogP) is 11.5. The zero-order valence-corrected chi connectivity index (χ0v) is 35.6. The van der Waals surface area contributed by atoms with E-state index in [2.05, 4.69) is 67.8 Å². The van der Waals surface area contributed by atoms with E-state index in [4.69, 9.17) is 9.05 Å². The van der Waals surface area contributed by atoms with Crippen LogP contribution in [0.3, 0.4) is 0 Å². The Morgan fingerprint density at radius 1 is 0.660 bits per heavy atom. The second kappa shape index (κ2) is 35.9. The first-order valence-corrected chi connectivity index (χ1v) is 22.7. The first-order valence-electron chi connectivity index (χ1n) is 21.2. The summed E-state index contributed by atoms with van der Waals surface area (Å²) in [6.45, 7) is 4.65. The molecule has 0 radical (unpaired) electrons. The number of phosphoric acid groups is 1. The lowest BCUT2D eigenvalue weighted by molar-refractivity contribution is -0.870. The number of nitrogens with one attached hydrogen (secondary N) is 1. The zero-order chi connectivity index (χ0) is 39.3. The summed E-state index contributed by atoms with van der Waals surface area (Å²) in [4.78, 5) is 23.0. The molecule has 308 valence electrons. The van der Waals surface area contributed by atoms with Crippen molar-refractivity contribution in [2.45, 2.75) is 174 Å². The van der Waals surface area contributed by atoms with E-state index in [1.165, 1.54) is 77.0 Å². The Labute approximate surface area is 326 Å². The number of aliphatic hydroxyl groups excluding tert-OH is 1. The largest absolute Gasteiger partial charge is 0.472 e. The summed E-state index contributed by atoms with van der Waals surface area (Å²) in [5.41, 5.74) is 0. The molecule has 3 N–H and O–H groups in total.